The minimum absolute atomic E-state index is 0.665. The summed E-state index contributed by atoms with van der Waals surface area (Å²) in [5.74, 6) is 0.665. The molecular weight excluding hydrogens is 665 g/mol. The molecule has 4 heterocycles. The van der Waals surface area contributed by atoms with E-state index in [1.165, 1.54) is 53.7 Å². The minimum atomic E-state index is 0.665. The summed E-state index contributed by atoms with van der Waals surface area (Å²) >= 11 is 1.78. The molecule has 0 radical (unpaired) electrons. The number of hydrogen-bond donors (Lipinski definition) is 0. The first-order valence-electron chi connectivity index (χ1n) is 17.9. The van der Waals surface area contributed by atoms with Crippen LogP contribution < -0.4 is 4.90 Å². The van der Waals surface area contributed by atoms with Crippen molar-refractivity contribution in [2.75, 3.05) is 4.90 Å². The Morgan fingerprint density at radius 2 is 1.15 bits per heavy atom. The van der Waals surface area contributed by atoms with Crippen LogP contribution in [0.2, 0.25) is 0 Å². The van der Waals surface area contributed by atoms with E-state index in [-0.39, 0.29) is 0 Å². The lowest BCUT2D eigenvalue weighted by Crippen LogP contribution is -2.18. The Balaban J connectivity index is 1.22. The van der Waals surface area contributed by atoms with E-state index >= 15 is 0 Å². The molecule has 3 aromatic heterocycles. The Hall–Kier alpha value is -6.82. The van der Waals surface area contributed by atoms with Crippen LogP contribution in [-0.4, -0.2) is 14.5 Å². The summed E-state index contributed by atoms with van der Waals surface area (Å²) in [6.07, 6.45) is 0. The molecule has 0 N–H and O–H groups in total. The van der Waals surface area contributed by atoms with Gasteiger partial charge in [-0.2, -0.15) is 0 Å². The number of benzene rings is 8. The van der Waals surface area contributed by atoms with E-state index in [2.05, 4.69) is 179 Å². The van der Waals surface area contributed by atoms with Gasteiger partial charge in [0.15, 0.2) is 0 Å². The quantitative estimate of drug-likeness (QED) is 0.185. The average Bonchev–Trinajstić information content (AvgIpc) is 3.77. The Morgan fingerprint density at radius 3 is 2.06 bits per heavy atom. The normalized spacial score (nSPS) is 12.5. The van der Waals surface area contributed by atoms with Crippen molar-refractivity contribution >= 4 is 92.3 Å². The summed E-state index contributed by atoms with van der Waals surface area (Å²) < 4.78 is 4.67. The van der Waals surface area contributed by atoms with E-state index < -0.39 is 0 Å². The van der Waals surface area contributed by atoms with Crippen LogP contribution in [0.15, 0.2) is 170 Å². The Kier molecular flexibility index (Phi) is 5.90. The summed E-state index contributed by atoms with van der Waals surface area (Å²) in [7, 11) is 0. The fraction of sp³-hybridized carbons (Fsp3) is 0. The predicted octanol–water partition coefficient (Wildman–Crippen LogP) is 13.4. The van der Waals surface area contributed by atoms with Crippen LogP contribution in [-0.2, 0) is 0 Å². The molecule has 0 bridgehead atoms. The van der Waals surface area contributed by atoms with Crippen molar-refractivity contribution in [3.05, 3.63) is 170 Å². The molecule has 12 rings (SSSR count). The average molecular weight is 693 g/mol. The first-order valence-corrected chi connectivity index (χ1v) is 18.7. The highest BCUT2D eigenvalue weighted by atomic mass is 32.1. The van der Waals surface area contributed by atoms with Crippen molar-refractivity contribution in [2.45, 2.75) is 0 Å². The van der Waals surface area contributed by atoms with E-state index in [1.807, 2.05) is 0 Å². The lowest BCUT2D eigenvalue weighted by molar-refractivity contribution is 1.12. The van der Waals surface area contributed by atoms with Crippen LogP contribution >= 0.6 is 11.3 Å². The van der Waals surface area contributed by atoms with E-state index in [1.54, 1.807) is 11.3 Å². The van der Waals surface area contributed by atoms with Crippen LogP contribution in [0.5, 0.6) is 0 Å². The van der Waals surface area contributed by atoms with Crippen LogP contribution in [0, 0.1) is 0 Å². The lowest BCUT2D eigenvalue weighted by atomic mass is 9.88. The fourth-order valence-corrected chi connectivity index (χ4v) is 9.87. The van der Waals surface area contributed by atoms with Crippen LogP contribution in [0.4, 0.5) is 17.3 Å². The van der Waals surface area contributed by atoms with Gasteiger partial charge in [-0.1, -0.05) is 127 Å². The molecule has 8 aromatic carbocycles. The molecule has 11 aromatic rings. The third-order valence-electron chi connectivity index (χ3n) is 10.9. The first kappa shape index (κ1) is 28.8. The van der Waals surface area contributed by atoms with Gasteiger partial charge in [-0.3, -0.25) is 4.90 Å². The van der Waals surface area contributed by atoms with Gasteiger partial charge in [0.2, 0.25) is 5.95 Å². The van der Waals surface area contributed by atoms with Gasteiger partial charge in [0.1, 0.15) is 0 Å². The monoisotopic (exact) mass is 692 g/mol. The molecule has 0 spiro atoms. The minimum Gasteiger partial charge on any atom is -0.309 e. The third-order valence-corrected chi connectivity index (χ3v) is 12.1. The van der Waals surface area contributed by atoms with E-state index in [0.717, 1.165) is 49.4 Å². The van der Waals surface area contributed by atoms with Crippen molar-refractivity contribution < 1.29 is 0 Å². The highest BCUT2D eigenvalue weighted by molar-refractivity contribution is 7.26. The van der Waals surface area contributed by atoms with Crippen LogP contribution in [0.25, 0.3) is 91.7 Å². The van der Waals surface area contributed by atoms with Gasteiger partial charge in [0.05, 0.1) is 38.3 Å². The molecule has 246 valence electrons. The predicted molar refractivity (Wildman–Crippen MR) is 223 cm³/mol. The van der Waals surface area contributed by atoms with Crippen LogP contribution in [0.1, 0.15) is 0 Å². The summed E-state index contributed by atoms with van der Waals surface area (Å²) in [5, 5.41) is 8.38. The molecule has 0 fully saturated rings. The van der Waals surface area contributed by atoms with Gasteiger partial charge in [-0.05, 0) is 64.2 Å². The van der Waals surface area contributed by atoms with Crippen molar-refractivity contribution in [1.82, 2.24) is 14.5 Å². The number of aromatic nitrogens is 3. The van der Waals surface area contributed by atoms with Crippen LogP contribution in [0.3, 0.4) is 0 Å². The fourth-order valence-electron chi connectivity index (χ4n) is 8.72. The zero-order valence-electron chi connectivity index (χ0n) is 28.4. The highest BCUT2D eigenvalue weighted by Gasteiger charge is 2.30. The number of hydrogen-bond acceptors (Lipinski definition) is 4. The molecule has 53 heavy (non-hydrogen) atoms. The topological polar surface area (TPSA) is 34.0 Å². The second-order valence-electron chi connectivity index (χ2n) is 13.7. The first-order chi connectivity index (χ1) is 26.3. The van der Waals surface area contributed by atoms with Gasteiger partial charge in [0, 0.05) is 43.1 Å². The Labute approximate surface area is 308 Å². The molecule has 4 nitrogen and oxygen atoms in total. The van der Waals surface area contributed by atoms with Gasteiger partial charge in [-0.25, -0.2) is 9.97 Å². The number of nitrogens with zero attached hydrogens (tertiary/aromatic N) is 4. The molecule has 0 unspecified atom stereocenters. The number of thiophene rings is 1. The summed E-state index contributed by atoms with van der Waals surface area (Å²) in [4.78, 5) is 13.5. The number of anilines is 3. The second kappa shape index (κ2) is 10.8. The smallest absolute Gasteiger partial charge is 0.235 e. The summed E-state index contributed by atoms with van der Waals surface area (Å²) in [6, 6.07) is 61.1. The van der Waals surface area contributed by atoms with Crippen molar-refractivity contribution in [3.63, 3.8) is 0 Å². The van der Waals surface area contributed by atoms with Crippen molar-refractivity contribution in [3.8, 4) is 28.1 Å². The molecule has 1 aliphatic heterocycles. The van der Waals surface area contributed by atoms with Crippen molar-refractivity contribution in [1.29, 1.82) is 0 Å². The van der Waals surface area contributed by atoms with Gasteiger partial charge in [0.25, 0.3) is 0 Å². The number of para-hydroxylation sites is 2. The Morgan fingerprint density at radius 1 is 0.453 bits per heavy atom. The SMILES string of the molecule is c1ccc(-n2c3ccccc3c3c(-c4nc(N5c6ccc7ccccc7c6-c6cccc7cccc5c67)nc5c4sc4ccccc45)cccc32)cc1. The largest absolute Gasteiger partial charge is 0.309 e. The third kappa shape index (κ3) is 4.00. The molecule has 0 aliphatic carbocycles. The summed E-state index contributed by atoms with van der Waals surface area (Å²) in [6.45, 7) is 0. The molecule has 0 amide bonds. The molecule has 0 saturated heterocycles. The van der Waals surface area contributed by atoms with E-state index in [9.17, 15) is 0 Å². The lowest BCUT2D eigenvalue weighted by Gasteiger charge is -2.33. The maximum Gasteiger partial charge on any atom is 0.235 e. The Bertz CT molecular complexity index is 3300. The maximum absolute atomic E-state index is 5.68. The van der Waals surface area contributed by atoms with Crippen molar-refractivity contribution in [2.24, 2.45) is 0 Å². The van der Waals surface area contributed by atoms with Gasteiger partial charge in [-0.15, -0.1) is 11.3 Å². The zero-order valence-corrected chi connectivity index (χ0v) is 29.2. The van der Waals surface area contributed by atoms with Gasteiger partial charge >= 0.3 is 0 Å². The zero-order chi connectivity index (χ0) is 34.6. The van der Waals surface area contributed by atoms with E-state index in [4.69, 9.17) is 9.97 Å². The van der Waals surface area contributed by atoms with Gasteiger partial charge < -0.3 is 4.57 Å². The molecule has 1 aliphatic rings. The van der Waals surface area contributed by atoms with E-state index in [0.29, 0.717) is 5.95 Å². The standard InChI is InChI=1S/C48H28N4S/c1-2-16-31(17-3-1)51-37-23-8-6-19-33(37)44-36(22-12-25-39(44)51)46-47-45(34-20-7-9-26-41(34)53-47)49-48(50-46)52-38-24-11-15-30-14-10-21-35(42(30)38)43-32-18-5-4-13-29(32)27-28-40(43)52/h1-28H. The second-order valence-corrected chi connectivity index (χ2v) is 14.8. The highest BCUT2D eigenvalue weighted by Crippen LogP contribution is 2.53. The number of fused-ring (bicyclic) bond motifs is 10. The molecule has 0 atom stereocenters. The summed E-state index contributed by atoms with van der Waals surface area (Å²) in [5.41, 5.74) is 11.1. The molecular formula is C48H28N4S. The maximum atomic E-state index is 5.68. The number of rotatable bonds is 3. The molecule has 5 heteroatoms. The molecule has 0 saturated carbocycles.